The van der Waals surface area contributed by atoms with Crippen LogP contribution in [0.4, 0.5) is 8.78 Å². The van der Waals surface area contributed by atoms with Crippen molar-refractivity contribution in [1.82, 2.24) is 4.57 Å². The minimum Gasteiger partial charge on any atom is -0.465 e. The summed E-state index contributed by atoms with van der Waals surface area (Å²) < 4.78 is 62.6. The second-order valence-electron chi connectivity index (χ2n) is 5.38. The quantitative estimate of drug-likeness (QED) is 0.604. The topological polar surface area (TPSA) is 77.7 Å². The first kappa shape index (κ1) is 19.2. The highest BCUT2D eigenvalue weighted by Gasteiger charge is 2.18. The number of hydrogen-bond acceptors (Lipinski definition) is 5. The number of carbonyl (C=O) groups is 1. The molecule has 6 nitrogen and oxygen atoms in total. The maximum Gasteiger partial charge on any atom is 0.326 e. The van der Waals surface area contributed by atoms with E-state index < -0.39 is 34.2 Å². The fourth-order valence-electron chi connectivity index (χ4n) is 2.40. The fraction of sp³-hybridized carbons (Fsp3) is 0.176. The number of halogens is 2. The van der Waals surface area contributed by atoms with E-state index in [0.29, 0.717) is 4.70 Å². The summed E-state index contributed by atoms with van der Waals surface area (Å²) >= 11 is 0.918. The van der Waals surface area contributed by atoms with Crippen molar-refractivity contribution in [3.63, 3.8) is 0 Å². The second kappa shape index (κ2) is 7.57. The molecule has 1 heterocycles. The summed E-state index contributed by atoms with van der Waals surface area (Å²) in [5, 5.41) is 0. The van der Waals surface area contributed by atoms with Crippen molar-refractivity contribution in [3.05, 3.63) is 58.9 Å². The lowest BCUT2D eigenvalue weighted by Gasteiger charge is -2.06. The van der Waals surface area contributed by atoms with Crippen molar-refractivity contribution in [2.75, 3.05) is 6.61 Å². The van der Waals surface area contributed by atoms with E-state index in [2.05, 4.69) is 4.40 Å². The number of ether oxygens (including phenoxy) is 1. The van der Waals surface area contributed by atoms with Crippen molar-refractivity contribution >= 4 is 37.5 Å². The summed E-state index contributed by atoms with van der Waals surface area (Å²) in [5.74, 6) is -1.86. The number of hydrogen-bond donors (Lipinski definition) is 0. The van der Waals surface area contributed by atoms with Crippen LogP contribution in [0.3, 0.4) is 0 Å². The van der Waals surface area contributed by atoms with E-state index in [-0.39, 0.29) is 21.8 Å². The summed E-state index contributed by atoms with van der Waals surface area (Å²) in [6.07, 6.45) is 0. The third kappa shape index (κ3) is 4.06. The first-order valence-corrected chi connectivity index (χ1v) is 10.1. The first-order valence-electron chi connectivity index (χ1n) is 7.82. The number of carbonyl (C=O) groups excluding carboxylic acids is 1. The molecule has 0 saturated heterocycles. The normalized spacial score (nSPS) is 12.5. The van der Waals surface area contributed by atoms with Crippen LogP contribution >= 0.6 is 11.3 Å². The van der Waals surface area contributed by atoms with Crippen LogP contribution in [-0.2, 0) is 26.1 Å². The molecular formula is C17H14F2N2O4S2. The highest BCUT2D eigenvalue weighted by molar-refractivity contribution is 7.90. The molecule has 1 aromatic heterocycles. The van der Waals surface area contributed by atoms with Crippen molar-refractivity contribution in [2.45, 2.75) is 18.4 Å². The van der Waals surface area contributed by atoms with Crippen LogP contribution in [-0.4, -0.2) is 25.6 Å². The predicted octanol–water partition coefficient (Wildman–Crippen LogP) is 2.83. The van der Waals surface area contributed by atoms with Gasteiger partial charge in [-0.15, -0.1) is 4.40 Å². The summed E-state index contributed by atoms with van der Waals surface area (Å²) in [4.78, 5) is 11.6. The molecule has 0 atom stereocenters. The Bertz CT molecular complexity index is 1170. The zero-order chi connectivity index (χ0) is 19.6. The lowest BCUT2D eigenvalue weighted by atomic mass is 10.3. The molecule has 10 heteroatoms. The number of esters is 1. The summed E-state index contributed by atoms with van der Waals surface area (Å²) in [5.41, 5.74) is 0.0589. The molecule has 0 unspecified atom stereocenters. The van der Waals surface area contributed by atoms with E-state index >= 15 is 0 Å². The molecule has 2 aromatic carbocycles. The number of rotatable bonds is 5. The third-order valence-corrected chi connectivity index (χ3v) is 5.99. The zero-order valence-corrected chi connectivity index (χ0v) is 15.7. The molecule has 0 aliphatic heterocycles. The van der Waals surface area contributed by atoms with E-state index in [1.807, 2.05) is 0 Å². The van der Waals surface area contributed by atoms with E-state index in [4.69, 9.17) is 4.74 Å². The fourth-order valence-corrected chi connectivity index (χ4v) is 4.65. The van der Waals surface area contributed by atoms with Crippen LogP contribution in [0.1, 0.15) is 6.92 Å². The van der Waals surface area contributed by atoms with Gasteiger partial charge in [0.2, 0.25) is 4.80 Å². The van der Waals surface area contributed by atoms with Crippen LogP contribution in [0.5, 0.6) is 0 Å². The molecule has 0 radical (unpaired) electrons. The Balaban J connectivity index is 2.20. The monoisotopic (exact) mass is 412 g/mol. The molecule has 142 valence electrons. The maximum atomic E-state index is 14.3. The van der Waals surface area contributed by atoms with Gasteiger partial charge in [0.1, 0.15) is 18.2 Å². The summed E-state index contributed by atoms with van der Waals surface area (Å²) in [7, 11) is -4.19. The number of thiazole rings is 1. The Hall–Kier alpha value is -2.59. The van der Waals surface area contributed by atoms with E-state index in [1.165, 1.54) is 12.1 Å². The molecule has 0 bridgehead atoms. The molecular weight excluding hydrogens is 398 g/mol. The van der Waals surface area contributed by atoms with Gasteiger partial charge in [-0.1, -0.05) is 17.4 Å². The number of benzene rings is 2. The molecule has 0 fully saturated rings. The molecule has 0 spiro atoms. The second-order valence-corrected chi connectivity index (χ2v) is 8.00. The van der Waals surface area contributed by atoms with Crippen molar-refractivity contribution in [1.29, 1.82) is 0 Å². The Morgan fingerprint density at radius 3 is 2.56 bits per heavy atom. The van der Waals surface area contributed by atoms with Crippen LogP contribution in [0.2, 0.25) is 0 Å². The minimum atomic E-state index is -4.19. The lowest BCUT2D eigenvalue weighted by molar-refractivity contribution is -0.143. The van der Waals surface area contributed by atoms with Crippen molar-refractivity contribution in [2.24, 2.45) is 4.40 Å². The van der Waals surface area contributed by atoms with Gasteiger partial charge in [0.05, 0.1) is 21.7 Å². The van der Waals surface area contributed by atoms with E-state index in [1.54, 1.807) is 13.0 Å². The highest BCUT2D eigenvalue weighted by Crippen LogP contribution is 2.21. The van der Waals surface area contributed by atoms with E-state index in [0.717, 1.165) is 40.2 Å². The Morgan fingerprint density at radius 1 is 1.19 bits per heavy atom. The SMILES string of the molecule is CCOC(=O)Cn1c(=NS(=O)(=O)c2ccc(F)cc2)sc2cccc(F)c21. The van der Waals surface area contributed by atoms with Crippen LogP contribution < -0.4 is 4.80 Å². The van der Waals surface area contributed by atoms with Crippen LogP contribution in [0.25, 0.3) is 10.2 Å². The average Bonchev–Trinajstić information content (AvgIpc) is 2.93. The van der Waals surface area contributed by atoms with Crippen LogP contribution in [0.15, 0.2) is 51.8 Å². The molecule has 0 saturated carbocycles. The van der Waals surface area contributed by atoms with Gasteiger partial charge in [-0.3, -0.25) is 4.79 Å². The smallest absolute Gasteiger partial charge is 0.326 e. The standard InChI is InChI=1S/C17H14F2N2O4S2/c1-2-25-15(22)10-21-16-13(19)4-3-5-14(16)26-17(21)20-27(23,24)12-8-6-11(18)7-9-12/h3-9H,2,10H2,1H3. The highest BCUT2D eigenvalue weighted by atomic mass is 32.2. The van der Waals surface area contributed by atoms with Crippen molar-refractivity contribution < 1.29 is 26.7 Å². The third-order valence-electron chi connectivity index (χ3n) is 3.55. The number of fused-ring (bicyclic) bond motifs is 1. The largest absolute Gasteiger partial charge is 0.465 e. The molecule has 27 heavy (non-hydrogen) atoms. The Morgan fingerprint density at radius 2 is 1.89 bits per heavy atom. The van der Waals surface area contributed by atoms with E-state index in [9.17, 15) is 22.0 Å². The number of aromatic nitrogens is 1. The summed E-state index contributed by atoms with van der Waals surface area (Å²) in [6.45, 7) is 1.36. The predicted molar refractivity (Wildman–Crippen MR) is 95.6 cm³/mol. The van der Waals surface area contributed by atoms with Gasteiger partial charge in [-0.2, -0.15) is 8.42 Å². The van der Waals surface area contributed by atoms with Gasteiger partial charge < -0.3 is 9.30 Å². The number of sulfonamides is 1. The Kier molecular flexibility index (Phi) is 5.38. The van der Waals surface area contributed by atoms with Gasteiger partial charge in [0, 0.05) is 0 Å². The van der Waals surface area contributed by atoms with Crippen molar-refractivity contribution in [3.8, 4) is 0 Å². The van der Waals surface area contributed by atoms with Gasteiger partial charge in [0.15, 0.2) is 0 Å². The van der Waals surface area contributed by atoms with Gasteiger partial charge in [-0.05, 0) is 43.3 Å². The number of nitrogens with zero attached hydrogens (tertiary/aromatic N) is 2. The molecule has 0 aliphatic rings. The lowest BCUT2D eigenvalue weighted by Crippen LogP contribution is -2.23. The zero-order valence-electron chi connectivity index (χ0n) is 14.1. The first-order chi connectivity index (χ1) is 12.8. The Labute approximate surface area is 157 Å². The molecule has 0 N–H and O–H groups in total. The average molecular weight is 412 g/mol. The molecule has 3 rings (SSSR count). The maximum absolute atomic E-state index is 14.3. The summed E-state index contributed by atoms with van der Waals surface area (Å²) in [6, 6.07) is 8.43. The van der Waals surface area contributed by atoms with Crippen LogP contribution in [0, 0.1) is 11.6 Å². The van der Waals surface area contributed by atoms with Gasteiger partial charge in [-0.25, -0.2) is 8.78 Å². The molecule has 0 aliphatic carbocycles. The molecule has 3 aromatic rings. The number of para-hydroxylation sites is 1. The van der Waals surface area contributed by atoms with Gasteiger partial charge in [0.25, 0.3) is 10.0 Å². The molecule has 0 amide bonds. The minimum absolute atomic E-state index is 0.0589. The van der Waals surface area contributed by atoms with Gasteiger partial charge >= 0.3 is 5.97 Å².